The number of hydrogen-bond donors (Lipinski definition) is 0. The van der Waals surface area contributed by atoms with Crippen molar-refractivity contribution in [3.05, 3.63) is 42.0 Å². The Hall–Kier alpha value is -2.10. The van der Waals surface area contributed by atoms with Crippen LogP contribution in [0, 0.1) is 5.92 Å². The average molecular weight is 371 g/mol. The highest BCUT2D eigenvalue weighted by molar-refractivity contribution is 5.92. The number of likely N-dealkylation sites (tertiary alicyclic amines) is 1. The third-order valence-corrected chi connectivity index (χ3v) is 5.53. The first-order valence-corrected chi connectivity index (χ1v) is 10.4. The maximum atomic E-state index is 13.0. The zero-order chi connectivity index (χ0) is 19.6. The van der Waals surface area contributed by atoms with Crippen molar-refractivity contribution in [3.63, 3.8) is 0 Å². The van der Waals surface area contributed by atoms with E-state index in [0.29, 0.717) is 13.1 Å². The standard InChI is InChI=1S/C23H34N2O2/c1-4-6-16-25(19(3)5-2)23(27)21-14-17-24(18-15-21)22(26)13-12-20-10-8-7-9-11-20/h7-13,19,21H,4-6,14-18H2,1-3H3/b13-12+. The van der Waals surface area contributed by atoms with Crippen molar-refractivity contribution in [3.8, 4) is 0 Å². The molecule has 2 rings (SSSR count). The lowest BCUT2D eigenvalue weighted by Crippen LogP contribution is -2.47. The van der Waals surface area contributed by atoms with Gasteiger partial charge in [0.25, 0.3) is 0 Å². The Morgan fingerprint density at radius 2 is 1.85 bits per heavy atom. The number of benzene rings is 1. The van der Waals surface area contributed by atoms with Crippen LogP contribution < -0.4 is 0 Å². The minimum Gasteiger partial charge on any atom is -0.340 e. The van der Waals surface area contributed by atoms with Gasteiger partial charge in [0.2, 0.25) is 11.8 Å². The van der Waals surface area contributed by atoms with Gasteiger partial charge >= 0.3 is 0 Å². The fraction of sp³-hybridized carbons (Fsp3) is 0.565. The largest absolute Gasteiger partial charge is 0.340 e. The molecule has 1 heterocycles. The fourth-order valence-electron chi connectivity index (χ4n) is 3.52. The summed E-state index contributed by atoms with van der Waals surface area (Å²) >= 11 is 0. The van der Waals surface area contributed by atoms with E-state index in [1.54, 1.807) is 6.08 Å². The first-order chi connectivity index (χ1) is 13.1. The van der Waals surface area contributed by atoms with E-state index in [4.69, 9.17) is 0 Å². The van der Waals surface area contributed by atoms with Gasteiger partial charge in [-0.3, -0.25) is 9.59 Å². The Morgan fingerprint density at radius 1 is 1.19 bits per heavy atom. The highest BCUT2D eigenvalue weighted by Crippen LogP contribution is 2.22. The van der Waals surface area contributed by atoms with Crippen molar-refractivity contribution in [2.45, 2.75) is 58.9 Å². The van der Waals surface area contributed by atoms with Crippen LogP contribution in [0.1, 0.15) is 58.4 Å². The lowest BCUT2D eigenvalue weighted by atomic mass is 9.94. The van der Waals surface area contributed by atoms with Crippen molar-refractivity contribution in [1.82, 2.24) is 9.80 Å². The number of piperidine rings is 1. The lowest BCUT2D eigenvalue weighted by Gasteiger charge is -2.36. The molecular weight excluding hydrogens is 336 g/mol. The molecular formula is C23H34N2O2. The summed E-state index contributed by atoms with van der Waals surface area (Å²) in [5.74, 6) is 0.372. The van der Waals surface area contributed by atoms with Gasteiger partial charge < -0.3 is 9.80 Å². The van der Waals surface area contributed by atoms with E-state index in [1.807, 2.05) is 41.3 Å². The number of amides is 2. The first kappa shape index (κ1) is 21.2. The van der Waals surface area contributed by atoms with Gasteiger partial charge in [0.15, 0.2) is 0 Å². The van der Waals surface area contributed by atoms with Crippen molar-refractivity contribution < 1.29 is 9.59 Å². The maximum Gasteiger partial charge on any atom is 0.246 e. The molecule has 1 saturated heterocycles. The Bertz CT molecular complexity index is 619. The van der Waals surface area contributed by atoms with Crippen molar-refractivity contribution >= 4 is 17.9 Å². The van der Waals surface area contributed by atoms with E-state index in [-0.39, 0.29) is 23.8 Å². The molecule has 1 aliphatic heterocycles. The number of carbonyl (C=O) groups excluding carboxylic acids is 2. The average Bonchev–Trinajstić information content (AvgIpc) is 2.72. The third kappa shape index (κ3) is 6.23. The Labute approximate surface area is 164 Å². The molecule has 0 saturated carbocycles. The second kappa shape index (κ2) is 10.9. The van der Waals surface area contributed by atoms with E-state index < -0.39 is 0 Å². The molecule has 0 N–H and O–H groups in total. The second-order valence-electron chi connectivity index (χ2n) is 7.49. The Kier molecular flexibility index (Phi) is 8.56. The summed E-state index contributed by atoms with van der Waals surface area (Å²) in [5, 5.41) is 0. The summed E-state index contributed by atoms with van der Waals surface area (Å²) in [6, 6.07) is 10.1. The monoisotopic (exact) mass is 370 g/mol. The number of nitrogens with zero attached hydrogens (tertiary/aromatic N) is 2. The van der Waals surface area contributed by atoms with Gasteiger partial charge in [-0.1, -0.05) is 50.6 Å². The van der Waals surface area contributed by atoms with Crippen LogP contribution in [-0.4, -0.2) is 47.3 Å². The molecule has 2 amide bonds. The minimum atomic E-state index is 0.0366. The van der Waals surface area contributed by atoms with Crippen molar-refractivity contribution in [2.75, 3.05) is 19.6 Å². The van der Waals surface area contributed by atoms with Gasteiger partial charge in [0, 0.05) is 37.7 Å². The molecule has 0 bridgehead atoms. The normalized spacial score (nSPS) is 16.5. The summed E-state index contributed by atoms with van der Waals surface area (Å²) < 4.78 is 0. The first-order valence-electron chi connectivity index (χ1n) is 10.4. The summed E-state index contributed by atoms with van der Waals surface area (Å²) in [6.45, 7) is 8.61. The van der Waals surface area contributed by atoms with Crippen LogP contribution >= 0.6 is 0 Å². The van der Waals surface area contributed by atoms with Gasteiger partial charge in [-0.25, -0.2) is 0 Å². The van der Waals surface area contributed by atoms with Gasteiger partial charge in [0.05, 0.1) is 0 Å². The van der Waals surface area contributed by atoms with E-state index >= 15 is 0 Å². The molecule has 148 valence electrons. The summed E-state index contributed by atoms with van der Waals surface area (Å²) in [7, 11) is 0. The molecule has 1 aromatic rings. The Morgan fingerprint density at radius 3 is 2.44 bits per heavy atom. The second-order valence-corrected chi connectivity index (χ2v) is 7.49. The molecule has 1 unspecified atom stereocenters. The molecule has 1 fully saturated rings. The molecule has 1 atom stereocenters. The summed E-state index contributed by atoms with van der Waals surface area (Å²) in [5.41, 5.74) is 1.02. The Balaban J connectivity index is 1.88. The van der Waals surface area contributed by atoms with Crippen LogP contribution in [0.15, 0.2) is 36.4 Å². The molecule has 4 nitrogen and oxygen atoms in total. The molecule has 0 radical (unpaired) electrons. The molecule has 1 aromatic carbocycles. The van der Waals surface area contributed by atoms with Crippen LogP contribution in [-0.2, 0) is 9.59 Å². The van der Waals surface area contributed by atoms with Crippen molar-refractivity contribution in [1.29, 1.82) is 0 Å². The van der Waals surface area contributed by atoms with Crippen LogP contribution in [0.3, 0.4) is 0 Å². The highest BCUT2D eigenvalue weighted by atomic mass is 16.2. The predicted molar refractivity (Wildman–Crippen MR) is 111 cm³/mol. The molecule has 1 aliphatic rings. The van der Waals surface area contributed by atoms with E-state index in [1.165, 1.54) is 0 Å². The molecule has 4 heteroatoms. The maximum absolute atomic E-state index is 13.0. The van der Waals surface area contributed by atoms with E-state index in [2.05, 4.69) is 25.7 Å². The number of carbonyl (C=O) groups is 2. The molecule has 0 aromatic heterocycles. The van der Waals surface area contributed by atoms with E-state index in [0.717, 1.165) is 44.2 Å². The van der Waals surface area contributed by atoms with Crippen LogP contribution in [0.25, 0.3) is 6.08 Å². The zero-order valence-corrected chi connectivity index (χ0v) is 17.1. The summed E-state index contributed by atoms with van der Waals surface area (Å²) in [4.78, 5) is 29.4. The fourth-order valence-corrected chi connectivity index (χ4v) is 3.52. The lowest BCUT2D eigenvalue weighted by molar-refractivity contribution is -0.141. The molecule has 0 spiro atoms. The number of hydrogen-bond acceptors (Lipinski definition) is 2. The van der Waals surface area contributed by atoms with Crippen LogP contribution in [0.5, 0.6) is 0 Å². The van der Waals surface area contributed by atoms with Gasteiger partial charge in [-0.2, -0.15) is 0 Å². The summed E-state index contributed by atoms with van der Waals surface area (Å²) in [6.07, 6.45) is 8.17. The molecule has 0 aliphatic carbocycles. The van der Waals surface area contributed by atoms with Crippen molar-refractivity contribution in [2.24, 2.45) is 5.92 Å². The van der Waals surface area contributed by atoms with Crippen LogP contribution in [0.2, 0.25) is 0 Å². The van der Waals surface area contributed by atoms with Gasteiger partial charge in [-0.05, 0) is 44.2 Å². The molecule has 27 heavy (non-hydrogen) atoms. The zero-order valence-electron chi connectivity index (χ0n) is 17.1. The smallest absolute Gasteiger partial charge is 0.246 e. The van der Waals surface area contributed by atoms with Gasteiger partial charge in [-0.15, -0.1) is 0 Å². The van der Waals surface area contributed by atoms with E-state index in [9.17, 15) is 9.59 Å². The third-order valence-electron chi connectivity index (χ3n) is 5.53. The van der Waals surface area contributed by atoms with Crippen LogP contribution in [0.4, 0.5) is 0 Å². The highest BCUT2D eigenvalue weighted by Gasteiger charge is 2.31. The van der Waals surface area contributed by atoms with Gasteiger partial charge in [0.1, 0.15) is 0 Å². The number of unbranched alkanes of at least 4 members (excludes halogenated alkanes) is 1. The quantitative estimate of drug-likeness (QED) is 0.638. The SMILES string of the molecule is CCCCN(C(=O)C1CCN(C(=O)/C=C/c2ccccc2)CC1)C(C)CC. The topological polar surface area (TPSA) is 40.6 Å². The number of rotatable bonds is 8. The minimum absolute atomic E-state index is 0.0366. The predicted octanol–water partition coefficient (Wildman–Crippen LogP) is 4.37.